The van der Waals surface area contributed by atoms with Crippen LogP contribution in [-0.2, 0) is 9.59 Å². The predicted octanol–water partition coefficient (Wildman–Crippen LogP) is 3.14. The molecule has 138 valence electrons. The number of para-hydroxylation sites is 2. The Morgan fingerprint density at radius 2 is 1.78 bits per heavy atom. The zero-order valence-electron chi connectivity index (χ0n) is 14.5. The van der Waals surface area contributed by atoms with E-state index in [-0.39, 0.29) is 10.7 Å². The Morgan fingerprint density at radius 1 is 1.07 bits per heavy atom. The maximum absolute atomic E-state index is 13.1. The zero-order chi connectivity index (χ0) is 19.6. The fourth-order valence-corrected chi connectivity index (χ4v) is 3.66. The standard InChI is InChI=1S/C19H15IN2O4S/c1-25-15-8-7-11(10-13(15)20)9-12-17(23)21-19(27)22(18(12)24)14-5-3-4-6-16(14)26-2/h3-10H,1-2H3,(H,21,23,27)/b12-9+. The maximum Gasteiger partial charge on any atom is 0.270 e. The molecule has 2 aromatic carbocycles. The van der Waals surface area contributed by atoms with Gasteiger partial charge in [0.15, 0.2) is 5.11 Å². The van der Waals surface area contributed by atoms with Gasteiger partial charge in [-0.1, -0.05) is 18.2 Å². The fraction of sp³-hybridized carbons (Fsp3) is 0.105. The quantitative estimate of drug-likeness (QED) is 0.306. The summed E-state index contributed by atoms with van der Waals surface area (Å²) < 4.78 is 11.4. The summed E-state index contributed by atoms with van der Waals surface area (Å²) >= 11 is 7.34. The number of nitrogens with one attached hydrogen (secondary N) is 1. The lowest BCUT2D eigenvalue weighted by atomic mass is 10.1. The van der Waals surface area contributed by atoms with Gasteiger partial charge in [0.25, 0.3) is 11.8 Å². The molecule has 2 amide bonds. The molecular weight excluding hydrogens is 479 g/mol. The monoisotopic (exact) mass is 494 g/mol. The lowest BCUT2D eigenvalue weighted by Gasteiger charge is -2.29. The van der Waals surface area contributed by atoms with E-state index in [1.165, 1.54) is 18.1 Å². The number of hydrogen-bond acceptors (Lipinski definition) is 5. The van der Waals surface area contributed by atoms with Gasteiger partial charge < -0.3 is 9.47 Å². The number of carbonyl (C=O) groups is 2. The van der Waals surface area contributed by atoms with Crippen molar-refractivity contribution in [1.82, 2.24) is 5.32 Å². The number of amides is 2. The number of methoxy groups -OCH3 is 2. The fourth-order valence-electron chi connectivity index (χ4n) is 2.63. The van der Waals surface area contributed by atoms with Crippen molar-refractivity contribution in [2.24, 2.45) is 0 Å². The Bertz CT molecular complexity index is 974. The van der Waals surface area contributed by atoms with Crippen LogP contribution < -0.4 is 19.7 Å². The number of nitrogens with zero attached hydrogens (tertiary/aromatic N) is 1. The van der Waals surface area contributed by atoms with E-state index < -0.39 is 11.8 Å². The van der Waals surface area contributed by atoms with Gasteiger partial charge in [-0.3, -0.25) is 14.9 Å². The SMILES string of the molecule is COc1ccc(/C=C2\C(=O)NC(=S)N(c3ccccc3OC)C2=O)cc1I. The minimum atomic E-state index is -0.540. The van der Waals surface area contributed by atoms with Gasteiger partial charge in [-0.15, -0.1) is 0 Å². The molecule has 0 bridgehead atoms. The van der Waals surface area contributed by atoms with Gasteiger partial charge in [0.05, 0.1) is 23.5 Å². The molecule has 8 heteroatoms. The van der Waals surface area contributed by atoms with E-state index in [9.17, 15) is 9.59 Å². The highest BCUT2D eigenvalue weighted by atomic mass is 127. The van der Waals surface area contributed by atoms with E-state index in [1.54, 1.807) is 43.5 Å². The summed E-state index contributed by atoms with van der Waals surface area (Å²) in [6.07, 6.45) is 1.53. The first-order valence-corrected chi connectivity index (χ1v) is 9.33. The first kappa shape index (κ1) is 19.3. The third-order valence-corrected chi connectivity index (χ3v) is 5.04. The van der Waals surface area contributed by atoms with Crippen molar-refractivity contribution in [3.63, 3.8) is 0 Å². The summed E-state index contributed by atoms with van der Waals surface area (Å²) in [6.45, 7) is 0. The smallest absolute Gasteiger partial charge is 0.270 e. The van der Waals surface area contributed by atoms with E-state index in [1.807, 2.05) is 6.07 Å². The highest BCUT2D eigenvalue weighted by Gasteiger charge is 2.35. The molecule has 3 rings (SSSR count). The van der Waals surface area contributed by atoms with Crippen molar-refractivity contribution in [1.29, 1.82) is 0 Å². The first-order chi connectivity index (χ1) is 13.0. The maximum atomic E-state index is 13.1. The molecule has 0 radical (unpaired) electrons. The molecule has 0 spiro atoms. The molecule has 1 heterocycles. The summed E-state index contributed by atoms with van der Waals surface area (Å²) in [7, 11) is 3.09. The van der Waals surface area contributed by atoms with Gasteiger partial charge in [-0.25, -0.2) is 4.90 Å². The van der Waals surface area contributed by atoms with Crippen LogP contribution in [0.3, 0.4) is 0 Å². The van der Waals surface area contributed by atoms with Crippen molar-refractivity contribution in [2.75, 3.05) is 19.1 Å². The highest BCUT2D eigenvalue weighted by molar-refractivity contribution is 14.1. The van der Waals surface area contributed by atoms with Crippen molar-refractivity contribution < 1.29 is 19.1 Å². The summed E-state index contributed by atoms with van der Waals surface area (Å²) in [6, 6.07) is 12.4. The van der Waals surface area contributed by atoms with Crippen molar-refractivity contribution in [2.45, 2.75) is 0 Å². The molecular formula is C19H15IN2O4S. The summed E-state index contributed by atoms with van der Waals surface area (Å²) in [5.41, 5.74) is 1.15. The molecule has 1 N–H and O–H groups in total. The van der Waals surface area contributed by atoms with E-state index in [0.717, 1.165) is 3.57 Å². The third-order valence-electron chi connectivity index (χ3n) is 3.91. The van der Waals surface area contributed by atoms with E-state index in [0.29, 0.717) is 22.7 Å². The minimum absolute atomic E-state index is 0.0101. The molecule has 27 heavy (non-hydrogen) atoms. The lowest BCUT2D eigenvalue weighted by molar-refractivity contribution is -0.122. The normalized spacial score (nSPS) is 15.7. The molecule has 2 aromatic rings. The number of halogens is 1. The first-order valence-electron chi connectivity index (χ1n) is 7.84. The van der Waals surface area contributed by atoms with E-state index in [4.69, 9.17) is 21.7 Å². The lowest BCUT2D eigenvalue weighted by Crippen LogP contribution is -2.54. The van der Waals surface area contributed by atoms with Gasteiger partial charge >= 0.3 is 0 Å². The molecule has 1 aliphatic heterocycles. The number of anilines is 1. The second-order valence-electron chi connectivity index (χ2n) is 5.52. The van der Waals surface area contributed by atoms with Crippen molar-refractivity contribution in [3.8, 4) is 11.5 Å². The Kier molecular flexibility index (Phi) is 5.76. The second-order valence-corrected chi connectivity index (χ2v) is 7.07. The number of benzene rings is 2. The van der Waals surface area contributed by atoms with Crippen LogP contribution >= 0.6 is 34.8 Å². The molecule has 1 fully saturated rings. The van der Waals surface area contributed by atoms with Crippen LogP contribution in [0.5, 0.6) is 11.5 Å². The number of carbonyl (C=O) groups excluding carboxylic acids is 2. The minimum Gasteiger partial charge on any atom is -0.496 e. The van der Waals surface area contributed by atoms with E-state index >= 15 is 0 Å². The molecule has 0 aliphatic carbocycles. The molecule has 0 unspecified atom stereocenters. The van der Waals surface area contributed by atoms with Crippen LogP contribution in [0.15, 0.2) is 48.0 Å². The van der Waals surface area contributed by atoms with Crippen LogP contribution in [0.25, 0.3) is 6.08 Å². The Morgan fingerprint density at radius 3 is 2.44 bits per heavy atom. The van der Waals surface area contributed by atoms with Gasteiger partial charge in [0.1, 0.15) is 17.1 Å². The van der Waals surface area contributed by atoms with Crippen LogP contribution in [0.1, 0.15) is 5.56 Å². The summed E-state index contributed by atoms with van der Waals surface area (Å²) in [4.78, 5) is 26.7. The van der Waals surface area contributed by atoms with E-state index in [2.05, 4.69) is 27.9 Å². The van der Waals surface area contributed by atoms with Crippen LogP contribution in [-0.4, -0.2) is 31.1 Å². The molecule has 1 saturated heterocycles. The van der Waals surface area contributed by atoms with Crippen molar-refractivity contribution >= 4 is 63.5 Å². The Balaban J connectivity index is 2.03. The molecule has 1 aliphatic rings. The molecule has 0 saturated carbocycles. The van der Waals surface area contributed by atoms with Gasteiger partial charge in [-0.05, 0) is 70.7 Å². The third kappa shape index (κ3) is 3.81. The van der Waals surface area contributed by atoms with Crippen molar-refractivity contribution in [3.05, 3.63) is 57.2 Å². The highest BCUT2D eigenvalue weighted by Crippen LogP contribution is 2.31. The molecule has 0 aromatic heterocycles. The second kappa shape index (κ2) is 8.05. The number of hydrogen-bond donors (Lipinski definition) is 1. The van der Waals surface area contributed by atoms with Crippen LogP contribution in [0.2, 0.25) is 0 Å². The number of thiocarbonyl (C=S) groups is 1. The topological polar surface area (TPSA) is 67.9 Å². The Hall–Kier alpha value is -2.46. The zero-order valence-corrected chi connectivity index (χ0v) is 17.5. The Labute approximate surface area is 175 Å². The average Bonchev–Trinajstić information content (AvgIpc) is 2.65. The summed E-state index contributed by atoms with van der Waals surface area (Å²) in [5.74, 6) is 0.137. The van der Waals surface area contributed by atoms with Gasteiger partial charge in [0.2, 0.25) is 0 Å². The number of ether oxygens (including phenoxy) is 2. The van der Waals surface area contributed by atoms with Gasteiger partial charge in [0, 0.05) is 0 Å². The molecule has 6 nitrogen and oxygen atoms in total. The summed E-state index contributed by atoms with van der Waals surface area (Å²) in [5, 5.41) is 2.57. The largest absolute Gasteiger partial charge is 0.496 e. The average molecular weight is 494 g/mol. The molecule has 0 atom stereocenters. The number of rotatable bonds is 4. The predicted molar refractivity (Wildman–Crippen MR) is 115 cm³/mol. The van der Waals surface area contributed by atoms with Crippen LogP contribution in [0, 0.1) is 3.57 Å². The van der Waals surface area contributed by atoms with Crippen LogP contribution in [0.4, 0.5) is 5.69 Å². The van der Waals surface area contributed by atoms with Gasteiger partial charge in [-0.2, -0.15) is 0 Å².